The summed E-state index contributed by atoms with van der Waals surface area (Å²) in [7, 11) is 0. The van der Waals surface area contributed by atoms with E-state index in [1.54, 1.807) is 0 Å². The lowest BCUT2D eigenvalue weighted by Crippen LogP contribution is -2.40. The zero-order valence-corrected chi connectivity index (χ0v) is 12.6. The Morgan fingerprint density at radius 3 is 2.06 bits per heavy atom. The van der Waals surface area contributed by atoms with E-state index in [0.29, 0.717) is 6.04 Å². The van der Waals surface area contributed by atoms with E-state index in [1.165, 1.54) is 5.56 Å². The van der Waals surface area contributed by atoms with Gasteiger partial charge in [0.1, 0.15) is 0 Å². The summed E-state index contributed by atoms with van der Waals surface area (Å²) in [5.74, 6) is 0. The fourth-order valence-electron chi connectivity index (χ4n) is 2.23. The first kappa shape index (κ1) is 14.7. The second-order valence-electron chi connectivity index (χ2n) is 4.29. The average Bonchev–Trinajstić information content (AvgIpc) is 2.36. The van der Waals surface area contributed by atoms with Crippen molar-refractivity contribution in [1.29, 1.82) is 0 Å². The molecule has 0 saturated heterocycles. The highest BCUT2D eigenvalue weighted by Crippen LogP contribution is 2.26. The second-order valence-corrected chi connectivity index (χ2v) is 5.21. The minimum atomic E-state index is 0.191. The van der Waals surface area contributed by atoms with Gasteiger partial charge in [0.15, 0.2) is 0 Å². The number of nitrogens with zero attached hydrogens (tertiary/aromatic N) is 1. The van der Waals surface area contributed by atoms with Gasteiger partial charge in [-0.2, -0.15) is 0 Å². The van der Waals surface area contributed by atoms with E-state index in [-0.39, 0.29) is 6.04 Å². The number of benzene rings is 1. The van der Waals surface area contributed by atoms with Crippen molar-refractivity contribution in [2.45, 2.75) is 39.3 Å². The van der Waals surface area contributed by atoms with Crippen LogP contribution in [-0.2, 0) is 0 Å². The molecule has 0 aliphatic rings. The molecule has 0 saturated carbocycles. The van der Waals surface area contributed by atoms with Gasteiger partial charge < -0.3 is 5.73 Å². The first-order chi connectivity index (χ1) is 8.13. The molecule has 0 aromatic heterocycles. The molecule has 2 nitrogen and oxygen atoms in total. The standard InChI is InChI=1S/C14H23BrN2/c1-4-13(16)14(17(5-2)6-3)11-7-9-12(15)10-8-11/h7-10,13-14H,4-6,16H2,1-3H3. The van der Waals surface area contributed by atoms with Crippen LogP contribution in [0.25, 0.3) is 0 Å². The van der Waals surface area contributed by atoms with Crippen LogP contribution in [0.15, 0.2) is 28.7 Å². The summed E-state index contributed by atoms with van der Waals surface area (Å²) >= 11 is 3.47. The number of hydrogen-bond donors (Lipinski definition) is 1. The summed E-state index contributed by atoms with van der Waals surface area (Å²) in [5.41, 5.74) is 7.60. The summed E-state index contributed by atoms with van der Waals surface area (Å²) in [6, 6.07) is 9.03. The molecule has 2 N–H and O–H groups in total. The minimum Gasteiger partial charge on any atom is -0.326 e. The van der Waals surface area contributed by atoms with Crippen LogP contribution in [0, 0.1) is 0 Å². The maximum absolute atomic E-state index is 6.29. The van der Waals surface area contributed by atoms with E-state index in [9.17, 15) is 0 Å². The van der Waals surface area contributed by atoms with Crippen molar-refractivity contribution in [2.75, 3.05) is 13.1 Å². The first-order valence-corrected chi connectivity index (χ1v) is 7.18. The zero-order valence-electron chi connectivity index (χ0n) is 11.0. The van der Waals surface area contributed by atoms with Crippen LogP contribution in [0.2, 0.25) is 0 Å². The lowest BCUT2D eigenvalue weighted by molar-refractivity contribution is 0.187. The highest BCUT2D eigenvalue weighted by Gasteiger charge is 2.23. The topological polar surface area (TPSA) is 29.3 Å². The zero-order chi connectivity index (χ0) is 12.8. The summed E-state index contributed by atoms with van der Waals surface area (Å²) in [6.45, 7) is 8.60. The molecule has 0 spiro atoms. The van der Waals surface area contributed by atoms with Gasteiger partial charge in [-0.1, -0.05) is 48.8 Å². The third-order valence-electron chi connectivity index (χ3n) is 3.29. The second kappa shape index (κ2) is 7.14. The van der Waals surface area contributed by atoms with E-state index in [2.05, 4.69) is 65.9 Å². The molecule has 3 heteroatoms. The quantitative estimate of drug-likeness (QED) is 0.870. The maximum atomic E-state index is 6.29. The third kappa shape index (κ3) is 3.80. The Bertz CT molecular complexity index is 319. The number of nitrogens with two attached hydrogens (primary N) is 1. The first-order valence-electron chi connectivity index (χ1n) is 6.39. The van der Waals surface area contributed by atoms with E-state index < -0.39 is 0 Å². The van der Waals surface area contributed by atoms with E-state index >= 15 is 0 Å². The third-order valence-corrected chi connectivity index (χ3v) is 3.82. The molecule has 1 aromatic rings. The lowest BCUT2D eigenvalue weighted by atomic mass is 9.96. The van der Waals surface area contributed by atoms with Crippen LogP contribution in [0.5, 0.6) is 0 Å². The van der Waals surface area contributed by atoms with Crippen LogP contribution >= 0.6 is 15.9 Å². The number of rotatable bonds is 6. The number of hydrogen-bond acceptors (Lipinski definition) is 2. The summed E-state index contributed by atoms with van der Waals surface area (Å²) in [5, 5.41) is 0. The average molecular weight is 299 g/mol. The van der Waals surface area contributed by atoms with Crippen molar-refractivity contribution in [3.05, 3.63) is 34.3 Å². The fraction of sp³-hybridized carbons (Fsp3) is 0.571. The fourth-order valence-corrected chi connectivity index (χ4v) is 2.49. The molecule has 0 radical (unpaired) electrons. The molecule has 0 aliphatic heterocycles. The van der Waals surface area contributed by atoms with Crippen molar-refractivity contribution >= 4 is 15.9 Å². The Hall–Kier alpha value is -0.380. The Morgan fingerprint density at radius 1 is 1.12 bits per heavy atom. The number of likely N-dealkylation sites (N-methyl/N-ethyl adjacent to an activating group) is 1. The maximum Gasteiger partial charge on any atom is 0.0498 e. The van der Waals surface area contributed by atoms with Gasteiger partial charge >= 0.3 is 0 Å². The van der Waals surface area contributed by atoms with E-state index in [0.717, 1.165) is 24.0 Å². The Labute approximate surface area is 113 Å². The smallest absolute Gasteiger partial charge is 0.0498 e. The minimum absolute atomic E-state index is 0.191. The van der Waals surface area contributed by atoms with Gasteiger partial charge in [0, 0.05) is 16.6 Å². The van der Waals surface area contributed by atoms with Crippen molar-refractivity contribution in [3.63, 3.8) is 0 Å². The predicted octanol–water partition coefficient (Wildman–Crippen LogP) is 3.57. The Kier molecular flexibility index (Phi) is 6.17. The molecule has 0 fully saturated rings. The van der Waals surface area contributed by atoms with Gasteiger partial charge in [-0.25, -0.2) is 0 Å². The van der Waals surface area contributed by atoms with Gasteiger partial charge in [-0.3, -0.25) is 4.90 Å². The molecule has 2 unspecified atom stereocenters. The highest BCUT2D eigenvalue weighted by molar-refractivity contribution is 9.10. The molecule has 0 amide bonds. The van der Waals surface area contributed by atoms with Crippen LogP contribution < -0.4 is 5.73 Å². The van der Waals surface area contributed by atoms with Crippen molar-refractivity contribution < 1.29 is 0 Å². The normalized spacial score (nSPS) is 14.9. The molecule has 1 rings (SSSR count). The molecule has 17 heavy (non-hydrogen) atoms. The highest BCUT2D eigenvalue weighted by atomic mass is 79.9. The molecule has 1 aromatic carbocycles. The van der Waals surface area contributed by atoms with E-state index in [4.69, 9.17) is 5.73 Å². The van der Waals surface area contributed by atoms with Crippen LogP contribution in [0.3, 0.4) is 0 Å². The monoisotopic (exact) mass is 298 g/mol. The summed E-state index contributed by atoms with van der Waals surface area (Å²) in [4.78, 5) is 2.43. The van der Waals surface area contributed by atoms with Gasteiger partial charge in [0.2, 0.25) is 0 Å². The molecule has 0 bridgehead atoms. The van der Waals surface area contributed by atoms with Crippen LogP contribution in [-0.4, -0.2) is 24.0 Å². The molecular weight excluding hydrogens is 276 g/mol. The van der Waals surface area contributed by atoms with Crippen LogP contribution in [0.1, 0.15) is 38.8 Å². The van der Waals surface area contributed by atoms with Crippen molar-refractivity contribution in [2.24, 2.45) is 5.73 Å². The predicted molar refractivity (Wildman–Crippen MR) is 78.1 cm³/mol. The van der Waals surface area contributed by atoms with Crippen molar-refractivity contribution in [1.82, 2.24) is 4.90 Å². The van der Waals surface area contributed by atoms with Gasteiger partial charge in [0.25, 0.3) is 0 Å². The van der Waals surface area contributed by atoms with Gasteiger partial charge in [-0.05, 0) is 37.2 Å². The largest absolute Gasteiger partial charge is 0.326 e. The molecule has 2 atom stereocenters. The Morgan fingerprint density at radius 2 is 1.65 bits per heavy atom. The molecular formula is C14H23BrN2. The summed E-state index contributed by atoms with van der Waals surface area (Å²) < 4.78 is 1.12. The Balaban J connectivity index is 3.00. The molecule has 0 aliphatic carbocycles. The van der Waals surface area contributed by atoms with E-state index in [1.807, 2.05) is 0 Å². The molecule has 0 heterocycles. The number of halogens is 1. The lowest BCUT2D eigenvalue weighted by Gasteiger charge is -2.34. The van der Waals surface area contributed by atoms with Gasteiger partial charge in [0.05, 0.1) is 0 Å². The molecule has 96 valence electrons. The van der Waals surface area contributed by atoms with Crippen LogP contribution in [0.4, 0.5) is 0 Å². The summed E-state index contributed by atoms with van der Waals surface area (Å²) in [6.07, 6.45) is 0.997. The van der Waals surface area contributed by atoms with Crippen molar-refractivity contribution in [3.8, 4) is 0 Å². The SMILES string of the molecule is CCC(N)C(c1ccc(Br)cc1)N(CC)CC. The van der Waals surface area contributed by atoms with Gasteiger partial charge in [-0.15, -0.1) is 0 Å².